The van der Waals surface area contributed by atoms with Crippen LogP contribution in [0.5, 0.6) is 0 Å². The highest BCUT2D eigenvalue weighted by atomic mass is 32.1. The molecule has 0 atom stereocenters. The van der Waals surface area contributed by atoms with Crippen LogP contribution in [0.4, 0.5) is 19.0 Å². The number of nitrogens with zero attached hydrogens (tertiary/aromatic N) is 4. The van der Waals surface area contributed by atoms with Crippen LogP contribution in [0.1, 0.15) is 12.1 Å². The highest BCUT2D eigenvalue weighted by Crippen LogP contribution is 2.27. The molecule has 22 heavy (non-hydrogen) atoms. The molecular weight excluding hydrogens is 315 g/mol. The first-order valence-electron chi connectivity index (χ1n) is 6.57. The first-order valence-corrected chi connectivity index (χ1v) is 7.45. The summed E-state index contributed by atoms with van der Waals surface area (Å²) in [6.45, 7) is 0.990. The number of fused-ring (bicyclic) bond motifs is 1. The summed E-state index contributed by atoms with van der Waals surface area (Å²) >= 11 is 1.53. The number of hydrogen-bond acceptors (Lipinski definition) is 5. The zero-order chi connectivity index (χ0) is 15.6. The molecule has 3 aromatic heterocycles. The molecule has 1 N–H and O–H groups in total. The molecule has 0 radical (unpaired) electrons. The van der Waals surface area contributed by atoms with Crippen molar-refractivity contribution in [1.29, 1.82) is 0 Å². The van der Waals surface area contributed by atoms with Crippen LogP contribution in [0.25, 0.3) is 10.2 Å². The average Bonchev–Trinajstić information content (AvgIpc) is 3.12. The van der Waals surface area contributed by atoms with E-state index in [2.05, 4.69) is 20.4 Å². The van der Waals surface area contributed by atoms with E-state index in [0.29, 0.717) is 19.5 Å². The highest BCUT2D eigenvalue weighted by molar-refractivity contribution is 7.16. The Balaban J connectivity index is 1.54. The van der Waals surface area contributed by atoms with Crippen molar-refractivity contribution in [3.63, 3.8) is 0 Å². The lowest BCUT2D eigenvalue weighted by Gasteiger charge is -2.06. The van der Waals surface area contributed by atoms with E-state index in [1.165, 1.54) is 28.5 Å². The van der Waals surface area contributed by atoms with Gasteiger partial charge in [0.05, 0.1) is 5.39 Å². The van der Waals surface area contributed by atoms with Crippen molar-refractivity contribution >= 4 is 27.4 Å². The standard InChI is InChI=1S/C13H12F3N5S/c14-13(15,16)10-2-6-21(20-10)5-1-4-17-11-9-3-7-22-12(9)19-8-18-11/h2-3,6-8H,1,4-5H2,(H,17,18,19). The van der Waals surface area contributed by atoms with Gasteiger partial charge in [-0.15, -0.1) is 11.3 Å². The normalized spacial score (nSPS) is 12.0. The molecule has 3 rings (SSSR count). The van der Waals surface area contributed by atoms with E-state index in [1.807, 2.05) is 11.4 Å². The molecule has 5 nitrogen and oxygen atoms in total. The van der Waals surface area contributed by atoms with Gasteiger partial charge >= 0.3 is 6.18 Å². The molecule has 116 valence electrons. The van der Waals surface area contributed by atoms with Crippen LogP contribution in [0, 0.1) is 0 Å². The van der Waals surface area contributed by atoms with E-state index in [1.54, 1.807) is 0 Å². The molecule has 0 aliphatic rings. The Morgan fingerprint density at radius 2 is 2.09 bits per heavy atom. The van der Waals surface area contributed by atoms with Crippen molar-refractivity contribution in [2.24, 2.45) is 0 Å². The number of halogens is 3. The summed E-state index contributed by atoms with van der Waals surface area (Å²) in [6.07, 6.45) is -0.932. The summed E-state index contributed by atoms with van der Waals surface area (Å²) < 4.78 is 38.6. The van der Waals surface area contributed by atoms with Gasteiger partial charge in [-0.05, 0) is 23.9 Å². The second-order valence-corrected chi connectivity index (χ2v) is 5.50. The summed E-state index contributed by atoms with van der Waals surface area (Å²) in [4.78, 5) is 9.23. The number of anilines is 1. The third-order valence-electron chi connectivity index (χ3n) is 3.05. The Labute approximate surface area is 127 Å². The molecule has 0 amide bonds. The SMILES string of the molecule is FC(F)(F)c1ccn(CCCNc2ncnc3sccc23)n1. The van der Waals surface area contributed by atoms with Gasteiger partial charge in [-0.2, -0.15) is 18.3 Å². The van der Waals surface area contributed by atoms with Crippen molar-refractivity contribution in [3.05, 3.63) is 35.7 Å². The molecule has 0 aromatic carbocycles. The van der Waals surface area contributed by atoms with Gasteiger partial charge in [0.25, 0.3) is 0 Å². The van der Waals surface area contributed by atoms with Gasteiger partial charge in [0.2, 0.25) is 0 Å². The van der Waals surface area contributed by atoms with Gasteiger partial charge in [0, 0.05) is 19.3 Å². The zero-order valence-corrected chi connectivity index (χ0v) is 12.2. The summed E-state index contributed by atoms with van der Waals surface area (Å²) in [7, 11) is 0. The van der Waals surface area contributed by atoms with Gasteiger partial charge in [0.15, 0.2) is 5.69 Å². The van der Waals surface area contributed by atoms with E-state index < -0.39 is 11.9 Å². The molecule has 0 aliphatic carbocycles. The molecule has 3 aromatic rings. The van der Waals surface area contributed by atoms with Crippen molar-refractivity contribution in [3.8, 4) is 0 Å². The average molecular weight is 327 g/mol. The smallest absolute Gasteiger partial charge is 0.369 e. The molecule has 9 heteroatoms. The molecule has 0 unspecified atom stereocenters. The maximum atomic E-state index is 12.4. The minimum atomic E-state index is -4.39. The van der Waals surface area contributed by atoms with Crippen molar-refractivity contribution < 1.29 is 13.2 Å². The number of aryl methyl sites for hydroxylation is 1. The molecule has 0 saturated carbocycles. The fraction of sp³-hybridized carbons (Fsp3) is 0.308. The molecule has 0 aliphatic heterocycles. The fourth-order valence-electron chi connectivity index (χ4n) is 2.02. The van der Waals surface area contributed by atoms with Gasteiger partial charge in [-0.25, -0.2) is 9.97 Å². The van der Waals surface area contributed by atoms with E-state index in [9.17, 15) is 13.2 Å². The third kappa shape index (κ3) is 3.19. The zero-order valence-electron chi connectivity index (χ0n) is 11.3. The number of thiophene rings is 1. The molecule has 0 saturated heterocycles. The maximum Gasteiger partial charge on any atom is 0.435 e. The second kappa shape index (κ2) is 5.91. The van der Waals surface area contributed by atoms with E-state index in [-0.39, 0.29) is 0 Å². The number of rotatable bonds is 5. The number of alkyl halides is 3. The Hall–Kier alpha value is -2.16. The highest BCUT2D eigenvalue weighted by Gasteiger charge is 2.33. The lowest BCUT2D eigenvalue weighted by Crippen LogP contribution is -2.10. The second-order valence-electron chi connectivity index (χ2n) is 4.60. The summed E-state index contributed by atoms with van der Waals surface area (Å²) in [5, 5.41) is 9.57. The first kappa shape index (κ1) is 14.8. The van der Waals surface area contributed by atoms with E-state index in [0.717, 1.165) is 22.1 Å². The van der Waals surface area contributed by atoms with Crippen LogP contribution in [-0.2, 0) is 12.7 Å². The van der Waals surface area contributed by atoms with Crippen LogP contribution < -0.4 is 5.32 Å². The van der Waals surface area contributed by atoms with Gasteiger partial charge < -0.3 is 5.32 Å². The quantitative estimate of drug-likeness (QED) is 0.730. The monoisotopic (exact) mass is 327 g/mol. The number of hydrogen-bond donors (Lipinski definition) is 1. The van der Waals surface area contributed by atoms with Gasteiger partial charge in [-0.3, -0.25) is 4.68 Å². The van der Waals surface area contributed by atoms with Crippen molar-refractivity contribution in [2.45, 2.75) is 19.1 Å². The van der Waals surface area contributed by atoms with Crippen LogP contribution in [0.2, 0.25) is 0 Å². The van der Waals surface area contributed by atoms with Crippen LogP contribution in [0.15, 0.2) is 30.0 Å². The fourth-order valence-corrected chi connectivity index (χ4v) is 2.75. The minimum absolute atomic E-state index is 0.404. The molecule has 0 bridgehead atoms. The first-order chi connectivity index (χ1) is 10.5. The molecule has 0 fully saturated rings. The Bertz CT molecular complexity index is 764. The Morgan fingerprint density at radius 3 is 2.86 bits per heavy atom. The maximum absolute atomic E-state index is 12.4. The van der Waals surface area contributed by atoms with E-state index in [4.69, 9.17) is 0 Å². The largest absolute Gasteiger partial charge is 0.435 e. The number of aromatic nitrogens is 4. The van der Waals surface area contributed by atoms with Crippen molar-refractivity contribution in [2.75, 3.05) is 11.9 Å². The van der Waals surface area contributed by atoms with Gasteiger partial charge in [0.1, 0.15) is 17.0 Å². The molecular formula is C13H12F3N5S. The summed E-state index contributed by atoms with van der Waals surface area (Å²) in [6, 6.07) is 2.91. The lowest BCUT2D eigenvalue weighted by molar-refractivity contribution is -0.141. The van der Waals surface area contributed by atoms with Crippen LogP contribution in [0.3, 0.4) is 0 Å². The van der Waals surface area contributed by atoms with Gasteiger partial charge in [-0.1, -0.05) is 0 Å². The lowest BCUT2D eigenvalue weighted by atomic mass is 10.3. The van der Waals surface area contributed by atoms with Crippen LogP contribution in [-0.4, -0.2) is 26.3 Å². The number of nitrogens with one attached hydrogen (secondary N) is 1. The third-order valence-corrected chi connectivity index (χ3v) is 3.87. The Morgan fingerprint density at radius 1 is 1.23 bits per heavy atom. The van der Waals surface area contributed by atoms with Crippen molar-refractivity contribution in [1.82, 2.24) is 19.7 Å². The van der Waals surface area contributed by atoms with E-state index >= 15 is 0 Å². The predicted molar refractivity (Wildman–Crippen MR) is 77.8 cm³/mol. The molecule has 0 spiro atoms. The summed E-state index contributed by atoms with van der Waals surface area (Å²) in [5.74, 6) is 0.739. The minimum Gasteiger partial charge on any atom is -0.369 e. The predicted octanol–water partition coefficient (Wildman–Crippen LogP) is 3.41. The summed E-state index contributed by atoms with van der Waals surface area (Å²) in [5.41, 5.74) is -0.865. The van der Waals surface area contributed by atoms with Crippen LogP contribution >= 0.6 is 11.3 Å². The Kier molecular flexibility index (Phi) is 3.97. The topological polar surface area (TPSA) is 55.6 Å². The molecule has 3 heterocycles.